The Morgan fingerprint density at radius 1 is 1.00 bits per heavy atom. The molecular formula is C24H36N4O2. The SMILES string of the molecule is CN(CC1CCC(N)CC1)C1CCN(c2ccc(C3CCC(=O)NC3=O)cc2)CC1. The zero-order valence-corrected chi connectivity index (χ0v) is 18.2. The monoisotopic (exact) mass is 412 g/mol. The van der Waals surface area contributed by atoms with Crippen LogP contribution in [-0.4, -0.2) is 55.5 Å². The quantitative estimate of drug-likeness (QED) is 0.727. The van der Waals surface area contributed by atoms with Gasteiger partial charge in [-0.1, -0.05) is 12.1 Å². The number of hydrogen-bond donors (Lipinski definition) is 2. The predicted molar refractivity (Wildman–Crippen MR) is 119 cm³/mol. The highest BCUT2D eigenvalue weighted by Gasteiger charge is 2.29. The van der Waals surface area contributed by atoms with Gasteiger partial charge in [0.15, 0.2) is 0 Å². The molecule has 3 N–H and O–H groups in total. The van der Waals surface area contributed by atoms with Gasteiger partial charge in [-0.3, -0.25) is 14.9 Å². The Hall–Kier alpha value is -1.92. The average molecular weight is 413 g/mol. The van der Waals surface area contributed by atoms with Crippen molar-refractivity contribution < 1.29 is 9.59 Å². The molecule has 0 spiro atoms. The number of piperidine rings is 2. The van der Waals surface area contributed by atoms with Gasteiger partial charge in [0.1, 0.15) is 0 Å². The van der Waals surface area contributed by atoms with Crippen LogP contribution in [0.2, 0.25) is 0 Å². The second-order valence-corrected chi connectivity index (χ2v) is 9.53. The number of imide groups is 1. The van der Waals surface area contributed by atoms with Gasteiger partial charge in [-0.15, -0.1) is 0 Å². The van der Waals surface area contributed by atoms with Crippen molar-refractivity contribution >= 4 is 17.5 Å². The van der Waals surface area contributed by atoms with Crippen molar-refractivity contribution in [3.05, 3.63) is 29.8 Å². The minimum Gasteiger partial charge on any atom is -0.371 e. The summed E-state index contributed by atoms with van der Waals surface area (Å²) >= 11 is 0. The van der Waals surface area contributed by atoms with Gasteiger partial charge in [-0.05, 0) is 75.6 Å². The molecule has 0 bridgehead atoms. The Balaban J connectivity index is 1.26. The lowest BCUT2D eigenvalue weighted by atomic mass is 9.85. The van der Waals surface area contributed by atoms with Crippen molar-refractivity contribution in [1.29, 1.82) is 0 Å². The van der Waals surface area contributed by atoms with Crippen molar-refractivity contribution in [2.24, 2.45) is 11.7 Å². The number of nitrogens with two attached hydrogens (primary N) is 1. The number of nitrogens with one attached hydrogen (secondary N) is 1. The van der Waals surface area contributed by atoms with E-state index >= 15 is 0 Å². The molecule has 6 nitrogen and oxygen atoms in total. The first-order valence-electron chi connectivity index (χ1n) is 11.6. The summed E-state index contributed by atoms with van der Waals surface area (Å²) in [5.41, 5.74) is 8.29. The Morgan fingerprint density at radius 3 is 2.30 bits per heavy atom. The van der Waals surface area contributed by atoms with Crippen LogP contribution in [0.4, 0.5) is 5.69 Å². The molecular weight excluding hydrogens is 376 g/mol. The summed E-state index contributed by atoms with van der Waals surface area (Å²) < 4.78 is 0. The second-order valence-electron chi connectivity index (χ2n) is 9.53. The van der Waals surface area contributed by atoms with Crippen LogP contribution in [0, 0.1) is 5.92 Å². The summed E-state index contributed by atoms with van der Waals surface area (Å²) in [6.45, 7) is 3.35. The lowest BCUT2D eigenvalue weighted by Gasteiger charge is -2.40. The highest BCUT2D eigenvalue weighted by atomic mass is 16.2. The molecule has 1 atom stereocenters. The van der Waals surface area contributed by atoms with Gasteiger partial charge < -0.3 is 15.5 Å². The molecule has 3 aliphatic rings. The molecule has 1 aliphatic carbocycles. The number of anilines is 1. The normalized spacial score (nSPS) is 28.6. The summed E-state index contributed by atoms with van der Waals surface area (Å²) in [5, 5.41) is 2.45. The Morgan fingerprint density at radius 2 is 1.67 bits per heavy atom. The van der Waals surface area contributed by atoms with Crippen LogP contribution < -0.4 is 16.0 Å². The molecule has 30 heavy (non-hydrogen) atoms. The van der Waals surface area contributed by atoms with E-state index in [1.165, 1.54) is 50.8 Å². The van der Waals surface area contributed by atoms with E-state index in [-0.39, 0.29) is 17.7 Å². The summed E-state index contributed by atoms with van der Waals surface area (Å²) in [4.78, 5) is 28.5. The van der Waals surface area contributed by atoms with Crippen LogP contribution >= 0.6 is 0 Å². The van der Waals surface area contributed by atoms with Gasteiger partial charge in [0.25, 0.3) is 0 Å². The number of nitrogens with zero attached hydrogens (tertiary/aromatic N) is 2. The number of carbonyl (C=O) groups is 2. The third-order valence-electron chi connectivity index (χ3n) is 7.43. The standard InChI is InChI=1S/C24H36N4O2/c1-27(16-17-2-6-19(25)7-3-17)20-12-14-28(15-13-20)21-8-4-18(5-9-21)22-10-11-23(29)26-24(22)30/h4-5,8-9,17,19-20,22H,2-3,6-7,10-16,25H2,1H3,(H,26,29,30). The summed E-state index contributed by atoms with van der Waals surface area (Å²) in [5.74, 6) is 0.286. The minimum absolute atomic E-state index is 0.159. The van der Waals surface area contributed by atoms with Gasteiger partial charge in [-0.25, -0.2) is 0 Å². The highest BCUT2D eigenvalue weighted by Crippen LogP contribution is 2.29. The minimum atomic E-state index is -0.203. The van der Waals surface area contributed by atoms with Crippen molar-refractivity contribution in [2.45, 2.75) is 69.4 Å². The predicted octanol–water partition coefficient (Wildman–Crippen LogP) is 2.62. The van der Waals surface area contributed by atoms with Crippen LogP contribution in [-0.2, 0) is 9.59 Å². The summed E-state index contributed by atoms with van der Waals surface area (Å²) in [7, 11) is 2.30. The van der Waals surface area contributed by atoms with Gasteiger partial charge >= 0.3 is 0 Å². The molecule has 1 saturated carbocycles. The van der Waals surface area contributed by atoms with Crippen molar-refractivity contribution in [1.82, 2.24) is 10.2 Å². The Bertz CT molecular complexity index is 734. The molecule has 164 valence electrons. The molecule has 3 fully saturated rings. The zero-order valence-electron chi connectivity index (χ0n) is 18.2. The molecule has 1 aromatic carbocycles. The van der Waals surface area contributed by atoms with Gasteiger partial charge in [-0.2, -0.15) is 0 Å². The molecule has 0 radical (unpaired) electrons. The van der Waals surface area contributed by atoms with Crippen molar-refractivity contribution in [3.8, 4) is 0 Å². The maximum atomic E-state index is 12.1. The topological polar surface area (TPSA) is 78.7 Å². The Kier molecular flexibility index (Phi) is 6.74. The van der Waals surface area contributed by atoms with Crippen LogP contribution in [0.5, 0.6) is 0 Å². The third-order valence-corrected chi connectivity index (χ3v) is 7.43. The first kappa shape index (κ1) is 21.3. The van der Waals surface area contributed by atoms with E-state index in [4.69, 9.17) is 5.73 Å². The molecule has 1 unspecified atom stereocenters. The summed E-state index contributed by atoms with van der Waals surface area (Å²) in [6.07, 6.45) is 8.35. The second kappa shape index (κ2) is 9.48. The fourth-order valence-corrected chi connectivity index (χ4v) is 5.42. The van der Waals surface area contributed by atoms with E-state index in [0.29, 0.717) is 24.9 Å². The average Bonchev–Trinajstić information content (AvgIpc) is 2.76. The van der Waals surface area contributed by atoms with Crippen molar-refractivity contribution in [3.63, 3.8) is 0 Å². The molecule has 1 aromatic rings. The number of rotatable bonds is 5. The largest absolute Gasteiger partial charge is 0.371 e. The third kappa shape index (κ3) is 5.03. The molecule has 2 saturated heterocycles. The first-order chi connectivity index (χ1) is 14.5. The Labute approximate surface area is 180 Å². The van der Waals surface area contributed by atoms with Crippen molar-refractivity contribution in [2.75, 3.05) is 31.6 Å². The van der Waals surface area contributed by atoms with Gasteiger partial charge in [0, 0.05) is 43.8 Å². The van der Waals surface area contributed by atoms with E-state index in [1.54, 1.807) is 0 Å². The molecule has 6 heteroatoms. The molecule has 2 amide bonds. The highest BCUT2D eigenvalue weighted by molar-refractivity contribution is 6.00. The van der Waals surface area contributed by atoms with Crippen LogP contribution in [0.1, 0.15) is 62.8 Å². The number of benzene rings is 1. The smallest absolute Gasteiger partial charge is 0.234 e. The van der Waals surface area contributed by atoms with Gasteiger partial charge in [0.2, 0.25) is 11.8 Å². The van der Waals surface area contributed by atoms with Crippen LogP contribution in [0.15, 0.2) is 24.3 Å². The van der Waals surface area contributed by atoms with E-state index < -0.39 is 0 Å². The summed E-state index contributed by atoms with van der Waals surface area (Å²) in [6, 6.07) is 9.47. The molecule has 2 heterocycles. The molecule has 0 aromatic heterocycles. The lowest BCUT2D eigenvalue weighted by molar-refractivity contribution is -0.134. The lowest BCUT2D eigenvalue weighted by Crippen LogP contribution is -2.45. The van der Waals surface area contributed by atoms with E-state index in [9.17, 15) is 9.59 Å². The fourth-order valence-electron chi connectivity index (χ4n) is 5.42. The maximum absolute atomic E-state index is 12.1. The maximum Gasteiger partial charge on any atom is 0.234 e. The van der Waals surface area contributed by atoms with Crippen LogP contribution in [0.25, 0.3) is 0 Å². The number of amides is 2. The van der Waals surface area contributed by atoms with E-state index in [0.717, 1.165) is 24.6 Å². The van der Waals surface area contributed by atoms with E-state index in [1.807, 2.05) is 0 Å². The van der Waals surface area contributed by atoms with Gasteiger partial charge in [0.05, 0.1) is 5.92 Å². The number of hydrogen-bond acceptors (Lipinski definition) is 5. The molecule has 4 rings (SSSR count). The zero-order chi connectivity index (χ0) is 21.1. The fraction of sp³-hybridized carbons (Fsp3) is 0.667. The van der Waals surface area contributed by atoms with Crippen LogP contribution in [0.3, 0.4) is 0 Å². The first-order valence-corrected chi connectivity index (χ1v) is 11.6. The number of carbonyl (C=O) groups excluding carboxylic acids is 2. The van der Waals surface area contributed by atoms with E-state index in [2.05, 4.69) is 46.4 Å². The molecule has 2 aliphatic heterocycles.